The lowest BCUT2D eigenvalue weighted by molar-refractivity contribution is 0.531. The standard InChI is InChI=1S/C15H25N5/c1-5-15-14(11-19(4)18-15)10-16-7-6-8-20-13(3)9-12(2)17-20/h9,11,16H,5-8,10H2,1-4H3. The number of nitrogens with one attached hydrogen (secondary N) is 1. The maximum atomic E-state index is 4.47. The summed E-state index contributed by atoms with van der Waals surface area (Å²) in [4.78, 5) is 0. The SMILES string of the molecule is CCc1nn(C)cc1CNCCCn1nc(C)cc1C. The van der Waals surface area contributed by atoms with Gasteiger partial charge in [-0.1, -0.05) is 6.92 Å². The highest BCUT2D eigenvalue weighted by Gasteiger charge is 2.05. The van der Waals surface area contributed by atoms with E-state index < -0.39 is 0 Å². The Morgan fingerprint density at radius 2 is 2.05 bits per heavy atom. The number of rotatable bonds is 7. The summed E-state index contributed by atoms with van der Waals surface area (Å²) in [7, 11) is 1.98. The highest BCUT2D eigenvalue weighted by atomic mass is 15.3. The molecule has 0 fully saturated rings. The minimum atomic E-state index is 0.897. The van der Waals surface area contributed by atoms with Gasteiger partial charge in [0.05, 0.1) is 11.4 Å². The zero-order chi connectivity index (χ0) is 14.5. The van der Waals surface area contributed by atoms with E-state index in [2.05, 4.69) is 46.3 Å². The quantitative estimate of drug-likeness (QED) is 0.786. The Morgan fingerprint density at radius 3 is 2.70 bits per heavy atom. The van der Waals surface area contributed by atoms with Crippen molar-refractivity contribution in [2.75, 3.05) is 6.54 Å². The molecule has 110 valence electrons. The summed E-state index contributed by atoms with van der Waals surface area (Å²) in [6, 6.07) is 2.12. The highest BCUT2D eigenvalue weighted by molar-refractivity contribution is 5.16. The molecule has 0 unspecified atom stereocenters. The second-order valence-corrected chi connectivity index (χ2v) is 5.31. The fourth-order valence-corrected chi connectivity index (χ4v) is 2.51. The Labute approximate surface area is 121 Å². The lowest BCUT2D eigenvalue weighted by atomic mass is 10.2. The van der Waals surface area contributed by atoms with E-state index in [0.717, 1.165) is 38.2 Å². The average molecular weight is 275 g/mol. The second kappa shape index (κ2) is 6.70. The first kappa shape index (κ1) is 14.8. The van der Waals surface area contributed by atoms with E-state index in [1.54, 1.807) is 0 Å². The Morgan fingerprint density at radius 1 is 1.25 bits per heavy atom. The maximum absolute atomic E-state index is 4.47. The molecule has 0 aliphatic heterocycles. The van der Waals surface area contributed by atoms with E-state index in [4.69, 9.17) is 0 Å². The lowest BCUT2D eigenvalue weighted by Gasteiger charge is -2.06. The number of hydrogen-bond acceptors (Lipinski definition) is 3. The van der Waals surface area contributed by atoms with Crippen molar-refractivity contribution in [1.29, 1.82) is 0 Å². The third-order valence-electron chi connectivity index (χ3n) is 3.47. The van der Waals surface area contributed by atoms with Gasteiger partial charge >= 0.3 is 0 Å². The normalized spacial score (nSPS) is 11.2. The summed E-state index contributed by atoms with van der Waals surface area (Å²) in [5.74, 6) is 0. The average Bonchev–Trinajstić information content (AvgIpc) is 2.91. The van der Waals surface area contributed by atoms with E-state index >= 15 is 0 Å². The van der Waals surface area contributed by atoms with Crippen LogP contribution in [-0.2, 0) is 26.6 Å². The van der Waals surface area contributed by atoms with E-state index in [0.29, 0.717) is 0 Å². The topological polar surface area (TPSA) is 47.7 Å². The van der Waals surface area contributed by atoms with Gasteiger partial charge in [0.25, 0.3) is 0 Å². The van der Waals surface area contributed by atoms with E-state index in [1.807, 2.05) is 18.7 Å². The third kappa shape index (κ3) is 3.70. The highest BCUT2D eigenvalue weighted by Crippen LogP contribution is 2.06. The minimum absolute atomic E-state index is 0.897. The molecular formula is C15H25N5. The fraction of sp³-hybridized carbons (Fsp3) is 0.600. The smallest absolute Gasteiger partial charge is 0.0666 e. The van der Waals surface area contributed by atoms with E-state index in [1.165, 1.54) is 17.0 Å². The van der Waals surface area contributed by atoms with Gasteiger partial charge in [0, 0.05) is 37.6 Å². The fourth-order valence-electron chi connectivity index (χ4n) is 2.51. The lowest BCUT2D eigenvalue weighted by Crippen LogP contribution is -2.17. The number of nitrogens with zero attached hydrogens (tertiary/aromatic N) is 4. The van der Waals surface area contributed by atoms with Crippen molar-refractivity contribution in [3.05, 3.63) is 34.9 Å². The number of aryl methyl sites for hydroxylation is 5. The molecule has 5 heteroatoms. The molecule has 2 aromatic heterocycles. The molecule has 2 heterocycles. The molecule has 2 aromatic rings. The van der Waals surface area contributed by atoms with Crippen LogP contribution < -0.4 is 5.32 Å². The molecule has 5 nitrogen and oxygen atoms in total. The zero-order valence-corrected chi connectivity index (χ0v) is 13.0. The Bertz CT molecular complexity index is 553. The van der Waals surface area contributed by atoms with E-state index in [-0.39, 0.29) is 0 Å². The first-order valence-corrected chi connectivity index (χ1v) is 7.33. The first-order chi connectivity index (χ1) is 9.60. The first-order valence-electron chi connectivity index (χ1n) is 7.33. The second-order valence-electron chi connectivity index (χ2n) is 5.31. The van der Waals surface area contributed by atoms with Gasteiger partial charge in [0.15, 0.2) is 0 Å². The van der Waals surface area contributed by atoms with Crippen molar-refractivity contribution in [2.45, 2.75) is 46.7 Å². The van der Waals surface area contributed by atoms with Gasteiger partial charge in [0.2, 0.25) is 0 Å². The molecule has 0 atom stereocenters. The van der Waals surface area contributed by atoms with E-state index in [9.17, 15) is 0 Å². The summed E-state index contributed by atoms with van der Waals surface area (Å²) in [6.45, 7) is 9.16. The van der Waals surface area contributed by atoms with Crippen molar-refractivity contribution < 1.29 is 0 Å². The minimum Gasteiger partial charge on any atom is -0.312 e. The van der Waals surface area contributed by atoms with Crippen LogP contribution in [0.2, 0.25) is 0 Å². The Balaban J connectivity index is 1.72. The van der Waals surface area contributed by atoms with Crippen LogP contribution >= 0.6 is 0 Å². The summed E-state index contributed by atoms with van der Waals surface area (Å²) in [5, 5.41) is 12.4. The van der Waals surface area contributed by atoms with Crippen LogP contribution in [0.5, 0.6) is 0 Å². The predicted molar refractivity (Wildman–Crippen MR) is 80.6 cm³/mol. The largest absolute Gasteiger partial charge is 0.312 e. The van der Waals surface area contributed by atoms with Crippen LogP contribution in [0.1, 0.15) is 36.0 Å². The molecule has 1 N–H and O–H groups in total. The van der Waals surface area contributed by atoms with Gasteiger partial charge in [-0.15, -0.1) is 0 Å². The molecule has 0 bridgehead atoms. The van der Waals surface area contributed by atoms with Gasteiger partial charge in [-0.3, -0.25) is 9.36 Å². The summed E-state index contributed by atoms with van der Waals surface area (Å²) < 4.78 is 3.98. The van der Waals surface area contributed by atoms with Crippen LogP contribution in [0.4, 0.5) is 0 Å². The van der Waals surface area contributed by atoms with Crippen LogP contribution in [-0.4, -0.2) is 26.1 Å². The van der Waals surface area contributed by atoms with Crippen LogP contribution in [0, 0.1) is 13.8 Å². The molecule has 0 amide bonds. The molecule has 20 heavy (non-hydrogen) atoms. The molecule has 0 aromatic carbocycles. The van der Waals surface area contributed by atoms with Crippen molar-refractivity contribution >= 4 is 0 Å². The van der Waals surface area contributed by atoms with Gasteiger partial charge in [-0.2, -0.15) is 10.2 Å². The summed E-state index contributed by atoms with van der Waals surface area (Å²) in [6.07, 6.45) is 4.18. The monoisotopic (exact) mass is 275 g/mol. The van der Waals surface area contributed by atoms with Crippen LogP contribution in [0.15, 0.2) is 12.3 Å². The number of hydrogen-bond donors (Lipinski definition) is 1. The number of aromatic nitrogens is 4. The zero-order valence-electron chi connectivity index (χ0n) is 13.0. The Kier molecular flexibility index (Phi) is 4.95. The molecule has 0 aliphatic carbocycles. The summed E-state index contributed by atoms with van der Waals surface area (Å²) >= 11 is 0. The van der Waals surface area contributed by atoms with Gasteiger partial charge in [-0.25, -0.2) is 0 Å². The summed E-state index contributed by atoms with van der Waals surface area (Å²) in [5.41, 5.74) is 4.83. The van der Waals surface area contributed by atoms with Crippen molar-refractivity contribution in [3.63, 3.8) is 0 Å². The van der Waals surface area contributed by atoms with Crippen LogP contribution in [0.3, 0.4) is 0 Å². The van der Waals surface area contributed by atoms with Gasteiger partial charge in [0.1, 0.15) is 0 Å². The predicted octanol–water partition coefficient (Wildman–Crippen LogP) is 1.98. The molecule has 0 saturated heterocycles. The van der Waals surface area contributed by atoms with Crippen molar-refractivity contribution in [1.82, 2.24) is 24.9 Å². The van der Waals surface area contributed by atoms with Crippen molar-refractivity contribution in [2.24, 2.45) is 7.05 Å². The molecule has 0 saturated carbocycles. The third-order valence-corrected chi connectivity index (χ3v) is 3.47. The maximum Gasteiger partial charge on any atom is 0.0666 e. The molecule has 0 radical (unpaired) electrons. The molecule has 0 aliphatic rings. The molecule has 2 rings (SSSR count). The Hall–Kier alpha value is -1.62. The van der Waals surface area contributed by atoms with Crippen molar-refractivity contribution in [3.8, 4) is 0 Å². The molecule has 0 spiro atoms. The van der Waals surface area contributed by atoms with Gasteiger partial charge in [-0.05, 0) is 39.3 Å². The van der Waals surface area contributed by atoms with Crippen LogP contribution in [0.25, 0.3) is 0 Å². The van der Waals surface area contributed by atoms with Gasteiger partial charge < -0.3 is 5.32 Å². The molecular weight excluding hydrogens is 250 g/mol.